The van der Waals surface area contributed by atoms with E-state index in [0.717, 1.165) is 64.2 Å². The molecule has 0 N–H and O–H groups in total. The summed E-state index contributed by atoms with van der Waals surface area (Å²) < 4.78 is 33.9. The number of nitrogens with zero attached hydrogens (tertiary/aromatic N) is 1. The summed E-state index contributed by atoms with van der Waals surface area (Å²) in [4.78, 5) is 37.6. The maximum atomic E-state index is 12.7. The quantitative estimate of drug-likeness (QED) is 0.0196. The van der Waals surface area contributed by atoms with E-state index in [-0.39, 0.29) is 26.1 Å². The molecule has 0 heterocycles. The number of phosphoric ester groups is 1. The van der Waals surface area contributed by atoms with Crippen molar-refractivity contribution in [3.63, 3.8) is 0 Å². The third kappa shape index (κ3) is 45.2. The van der Waals surface area contributed by atoms with Crippen LogP contribution < -0.4 is 4.89 Å². The molecule has 0 aromatic heterocycles. The van der Waals surface area contributed by atoms with Gasteiger partial charge in [-0.25, -0.2) is 0 Å². The molecule has 0 fully saturated rings. The fraction of sp³-hybridized carbons (Fsp3) is 0.760. The molecule has 10 heteroatoms. The second-order valence-corrected chi connectivity index (χ2v) is 18.5. The largest absolute Gasteiger partial charge is 0.756 e. The van der Waals surface area contributed by atoms with Crippen molar-refractivity contribution in [2.75, 3.05) is 47.5 Å². The Hall–Kier alpha value is -2.29. The molecule has 0 aliphatic heterocycles. The van der Waals surface area contributed by atoms with Crippen molar-refractivity contribution >= 4 is 19.8 Å². The summed E-state index contributed by atoms with van der Waals surface area (Å²) in [6.07, 6.45) is 51.0. The molecule has 0 bridgehead atoms. The van der Waals surface area contributed by atoms with Gasteiger partial charge in [0.2, 0.25) is 0 Å². The predicted molar refractivity (Wildman–Crippen MR) is 250 cm³/mol. The molecule has 0 rings (SSSR count). The van der Waals surface area contributed by atoms with Crippen molar-refractivity contribution < 1.29 is 42.1 Å². The van der Waals surface area contributed by atoms with E-state index in [4.69, 9.17) is 18.5 Å². The molecule has 0 aromatic rings. The maximum Gasteiger partial charge on any atom is 0.306 e. The van der Waals surface area contributed by atoms with Gasteiger partial charge in [0.25, 0.3) is 7.82 Å². The first kappa shape index (κ1) is 57.7. The number of hydrogen-bond acceptors (Lipinski definition) is 8. The molecule has 0 aliphatic carbocycles. The van der Waals surface area contributed by atoms with Gasteiger partial charge in [-0.3, -0.25) is 14.2 Å². The zero-order chi connectivity index (χ0) is 44.3. The van der Waals surface area contributed by atoms with Crippen LogP contribution in [0.5, 0.6) is 0 Å². The van der Waals surface area contributed by atoms with E-state index in [9.17, 15) is 19.0 Å². The number of esters is 2. The average Bonchev–Trinajstić information content (AvgIpc) is 3.20. The molecule has 0 amide bonds. The number of quaternary nitrogens is 1. The molecule has 348 valence electrons. The summed E-state index contributed by atoms with van der Waals surface area (Å²) in [7, 11) is 1.14. The van der Waals surface area contributed by atoms with Crippen molar-refractivity contribution in [1.82, 2.24) is 0 Å². The van der Waals surface area contributed by atoms with Gasteiger partial charge in [-0.15, -0.1) is 0 Å². The minimum Gasteiger partial charge on any atom is -0.756 e. The second-order valence-electron chi connectivity index (χ2n) is 17.1. The number of rotatable bonds is 43. The van der Waals surface area contributed by atoms with E-state index in [0.29, 0.717) is 17.4 Å². The van der Waals surface area contributed by atoms with Crippen LogP contribution in [0.3, 0.4) is 0 Å². The maximum absolute atomic E-state index is 12.7. The first-order valence-electron chi connectivity index (χ1n) is 24.0. The van der Waals surface area contributed by atoms with Gasteiger partial charge in [0.1, 0.15) is 19.8 Å². The Balaban J connectivity index is 4.35. The van der Waals surface area contributed by atoms with Gasteiger partial charge in [-0.2, -0.15) is 0 Å². The lowest BCUT2D eigenvalue weighted by Gasteiger charge is -2.28. The van der Waals surface area contributed by atoms with Gasteiger partial charge in [0, 0.05) is 12.8 Å². The lowest BCUT2D eigenvalue weighted by atomic mass is 10.1. The van der Waals surface area contributed by atoms with Crippen LogP contribution in [-0.4, -0.2) is 70.0 Å². The number of carbonyl (C=O) groups is 2. The Morgan fingerprint density at radius 2 is 0.933 bits per heavy atom. The summed E-state index contributed by atoms with van der Waals surface area (Å²) in [6.45, 7) is 4.12. The van der Waals surface area contributed by atoms with Crippen molar-refractivity contribution in [3.8, 4) is 0 Å². The number of ether oxygens (including phenoxy) is 2. The van der Waals surface area contributed by atoms with Crippen LogP contribution in [0, 0.1) is 0 Å². The van der Waals surface area contributed by atoms with Gasteiger partial charge in [-0.1, -0.05) is 164 Å². The normalized spacial score (nSPS) is 14.0. The molecule has 2 atom stereocenters. The van der Waals surface area contributed by atoms with Gasteiger partial charge >= 0.3 is 11.9 Å². The van der Waals surface area contributed by atoms with E-state index < -0.39 is 32.5 Å². The van der Waals surface area contributed by atoms with E-state index in [1.165, 1.54) is 96.3 Å². The Bertz CT molecular complexity index is 1210. The smallest absolute Gasteiger partial charge is 0.306 e. The number of likely N-dealkylation sites (N-methyl/N-ethyl adjacent to an activating group) is 1. The van der Waals surface area contributed by atoms with Crippen LogP contribution in [0.4, 0.5) is 0 Å². The molecule has 0 aliphatic rings. The van der Waals surface area contributed by atoms with Crippen LogP contribution >= 0.6 is 7.82 Å². The Kier molecular flexibility index (Phi) is 40.4. The molecule has 1 unspecified atom stereocenters. The first-order valence-corrected chi connectivity index (χ1v) is 25.5. The summed E-state index contributed by atoms with van der Waals surface area (Å²) in [5.41, 5.74) is 0. The summed E-state index contributed by atoms with van der Waals surface area (Å²) in [5, 5.41) is 0. The van der Waals surface area contributed by atoms with Crippen LogP contribution in [0.2, 0.25) is 0 Å². The number of phosphoric acid groups is 1. The standard InChI is InChI=1S/C50H90NO8P/c1-6-8-10-12-14-16-18-20-22-24-25-27-28-30-32-34-36-38-40-42-49(52)56-46-48(47-58-60(54,55)57-45-44-51(3,4)5)59-50(53)43-41-39-37-35-33-31-29-26-23-21-19-17-15-13-11-9-7-2/h11,13,17,19-20,22-23,26,31,33,48H,6-10,12,14-16,18,21,24-25,27-30,32,34-47H2,1-5H3/b13-11+,19-17+,22-20+,26-23+,33-31+/t48-/m1/s1. The number of hydrogen-bond donors (Lipinski definition) is 0. The first-order chi connectivity index (χ1) is 29.0. The topological polar surface area (TPSA) is 111 Å². The number of allylic oxidation sites excluding steroid dienone is 10. The van der Waals surface area contributed by atoms with E-state index in [2.05, 4.69) is 74.6 Å². The van der Waals surface area contributed by atoms with Crippen molar-refractivity contribution in [2.45, 2.75) is 200 Å². The Labute approximate surface area is 368 Å². The van der Waals surface area contributed by atoms with Crippen LogP contribution in [-0.2, 0) is 32.7 Å². The third-order valence-electron chi connectivity index (χ3n) is 9.99. The summed E-state index contributed by atoms with van der Waals surface area (Å²) >= 11 is 0. The summed E-state index contributed by atoms with van der Waals surface area (Å²) in [5.74, 6) is -0.874. The molecule has 0 saturated carbocycles. The van der Waals surface area contributed by atoms with E-state index in [1.54, 1.807) is 0 Å². The second kappa shape index (κ2) is 42.0. The fourth-order valence-electron chi connectivity index (χ4n) is 6.23. The highest BCUT2D eigenvalue weighted by Crippen LogP contribution is 2.38. The lowest BCUT2D eigenvalue weighted by molar-refractivity contribution is -0.870. The highest BCUT2D eigenvalue weighted by atomic mass is 31.2. The van der Waals surface area contributed by atoms with Gasteiger partial charge in [0.05, 0.1) is 27.7 Å². The summed E-state index contributed by atoms with van der Waals surface area (Å²) in [6, 6.07) is 0. The SMILES string of the molecule is CCC/C=C/C/C=C/C/C=C/C/C=C/CCCCCC(=O)O[C@H](COC(=O)CCCCCCCCCCC/C=C/CCCCCCCC)COP(=O)([O-])OCC[N+](C)(C)C. The van der Waals surface area contributed by atoms with Gasteiger partial charge in [0.15, 0.2) is 6.10 Å². The average molecular weight is 864 g/mol. The van der Waals surface area contributed by atoms with E-state index >= 15 is 0 Å². The molecule has 60 heavy (non-hydrogen) atoms. The van der Waals surface area contributed by atoms with Crippen molar-refractivity contribution in [1.29, 1.82) is 0 Å². The van der Waals surface area contributed by atoms with Crippen molar-refractivity contribution in [2.24, 2.45) is 0 Å². The molecular formula is C50H90NO8P. The van der Waals surface area contributed by atoms with Crippen LogP contribution in [0.1, 0.15) is 194 Å². The molecule has 9 nitrogen and oxygen atoms in total. The van der Waals surface area contributed by atoms with E-state index in [1.807, 2.05) is 21.1 Å². The Morgan fingerprint density at radius 3 is 1.43 bits per heavy atom. The number of unbranched alkanes of at least 4 members (excludes halogenated alkanes) is 19. The minimum absolute atomic E-state index is 0.0397. The van der Waals surface area contributed by atoms with Crippen LogP contribution in [0.25, 0.3) is 0 Å². The monoisotopic (exact) mass is 864 g/mol. The van der Waals surface area contributed by atoms with Gasteiger partial charge < -0.3 is 27.9 Å². The zero-order valence-electron chi connectivity index (χ0n) is 39.1. The molecule has 0 spiro atoms. The molecular weight excluding hydrogens is 774 g/mol. The highest BCUT2D eigenvalue weighted by Gasteiger charge is 2.21. The van der Waals surface area contributed by atoms with Crippen LogP contribution in [0.15, 0.2) is 60.8 Å². The number of carbonyl (C=O) groups excluding carboxylic acids is 2. The predicted octanol–water partition coefficient (Wildman–Crippen LogP) is 13.4. The third-order valence-corrected chi connectivity index (χ3v) is 11.0. The molecule has 0 saturated heterocycles. The van der Waals surface area contributed by atoms with Crippen molar-refractivity contribution in [3.05, 3.63) is 60.8 Å². The van der Waals surface area contributed by atoms with Gasteiger partial charge in [-0.05, 0) is 77.0 Å². The Morgan fingerprint density at radius 1 is 0.517 bits per heavy atom. The lowest BCUT2D eigenvalue weighted by Crippen LogP contribution is -2.37. The molecule has 0 radical (unpaired) electrons. The fourth-order valence-corrected chi connectivity index (χ4v) is 6.96. The molecule has 0 aromatic carbocycles. The minimum atomic E-state index is -4.64. The zero-order valence-corrected chi connectivity index (χ0v) is 40.0. The highest BCUT2D eigenvalue weighted by molar-refractivity contribution is 7.45.